The zero-order chi connectivity index (χ0) is 12.8. The molecule has 1 aliphatic rings. The number of nitriles is 1. The van der Waals surface area contributed by atoms with Crippen LogP contribution in [0.2, 0.25) is 0 Å². The highest BCUT2D eigenvalue weighted by Crippen LogP contribution is 2.16. The highest BCUT2D eigenvalue weighted by molar-refractivity contribution is 5.67. The minimum absolute atomic E-state index is 0.0766. The molecule has 0 bridgehead atoms. The van der Waals surface area contributed by atoms with Crippen LogP contribution in [0.25, 0.3) is 0 Å². The first kappa shape index (κ1) is 13.8. The molecule has 5 nitrogen and oxygen atoms in total. The van der Waals surface area contributed by atoms with Crippen molar-refractivity contribution in [3.8, 4) is 6.07 Å². The summed E-state index contributed by atoms with van der Waals surface area (Å²) in [6.45, 7) is 6.67. The molecule has 1 fully saturated rings. The monoisotopic (exact) mass is 240 g/mol. The van der Waals surface area contributed by atoms with Gasteiger partial charge in [0.05, 0.1) is 18.3 Å². The summed E-state index contributed by atoms with van der Waals surface area (Å²) >= 11 is 0. The van der Waals surface area contributed by atoms with E-state index in [1.165, 1.54) is 0 Å². The van der Waals surface area contributed by atoms with Gasteiger partial charge in [-0.05, 0) is 33.6 Å². The van der Waals surface area contributed by atoms with Gasteiger partial charge in [0.1, 0.15) is 6.10 Å². The fraction of sp³-hybridized carbons (Fsp3) is 0.833. The summed E-state index contributed by atoms with van der Waals surface area (Å²) in [5.74, 6) is 0. The van der Waals surface area contributed by atoms with E-state index in [1.54, 1.807) is 11.8 Å². The number of carbonyl (C=O) groups excluding carboxylic acids is 1. The summed E-state index contributed by atoms with van der Waals surface area (Å²) in [6.07, 6.45) is 0.877. The Morgan fingerprint density at radius 3 is 2.41 bits per heavy atom. The van der Waals surface area contributed by atoms with E-state index >= 15 is 0 Å². The average Bonchev–Trinajstić information content (AvgIpc) is 2.28. The van der Waals surface area contributed by atoms with Crippen molar-refractivity contribution < 1.29 is 14.3 Å². The fourth-order valence-electron chi connectivity index (χ4n) is 1.77. The van der Waals surface area contributed by atoms with Crippen molar-refractivity contribution in [3.63, 3.8) is 0 Å². The van der Waals surface area contributed by atoms with E-state index in [-0.39, 0.29) is 24.4 Å². The molecule has 1 atom stereocenters. The number of nitrogens with zero attached hydrogens (tertiary/aromatic N) is 2. The van der Waals surface area contributed by atoms with Crippen LogP contribution in [-0.2, 0) is 9.47 Å². The number of hydrogen-bond acceptors (Lipinski definition) is 4. The van der Waals surface area contributed by atoms with Gasteiger partial charge in [-0.2, -0.15) is 5.26 Å². The van der Waals surface area contributed by atoms with Crippen LogP contribution in [0.5, 0.6) is 0 Å². The largest absolute Gasteiger partial charge is 0.447 e. The Bertz CT molecular complexity index is 291. The lowest BCUT2D eigenvalue weighted by molar-refractivity contribution is -0.0148. The van der Waals surface area contributed by atoms with Crippen LogP contribution < -0.4 is 0 Å². The molecule has 96 valence electrons. The van der Waals surface area contributed by atoms with Crippen molar-refractivity contribution in [3.05, 3.63) is 0 Å². The Balaban J connectivity index is 2.31. The number of ether oxygens (including phenoxy) is 2. The molecular formula is C12H20N2O3. The fourth-order valence-corrected chi connectivity index (χ4v) is 1.77. The van der Waals surface area contributed by atoms with Crippen LogP contribution in [0, 0.1) is 11.3 Å². The van der Waals surface area contributed by atoms with Gasteiger partial charge < -0.3 is 14.4 Å². The SMILES string of the molecule is CC(C)OC(=O)N1CCC(OC(C)C#N)CC1. The van der Waals surface area contributed by atoms with Gasteiger partial charge >= 0.3 is 6.09 Å². The second-order valence-corrected chi connectivity index (χ2v) is 4.53. The summed E-state index contributed by atoms with van der Waals surface area (Å²) in [5, 5.41) is 8.65. The summed E-state index contributed by atoms with van der Waals surface area (Å²) in [6, 6.07) is 2.04. The predicted molar refractivity (Wildman–Crippen MR) is 62.4 cm³/mol. The van der Waals surface area contributed by atoms with Gasteiger partial charge in [-0.25, -0.2) is 4.79 Å². The van der Waals surface area contributed by atoms with E-state index < -0.39 is 0 Å². The third-order valence-corrected chi connectivity index (χ3v) is 2.62. The molecule has 5 heteroatoms. The van der Waals surface area contributed by atoms with Crippen molar-refractivity contribution in [1.82, 2.24) is 4.90 Å². The zero-order valence-corrected chi connectivity index (χ0v) is 10.7. The molecule has 1 unspecified atom stereocenters. The summed E-state index contributed by atoms with van der Waals surface area (Å²) in [7, 11) is 0. The van der Waals surface area contributed by atoms with Gasteiger partial charge in [-0.1, -0.05) is 0 Å². The van der Waals surface area contributed by atoms with E-state index in [0.29, 0.717) is 13.1 Å². The van der Waals surface area contributed by atoms with Gasteiger partial charge in [0.15, 0.2) is 0 Å². The highest BCUT2D eigenvalue weighted by Gasteiger charge is 2.25. The number of amides is 1. The number of rotatable bonds is 3. The molecule has 1 rings (SSSR count). The van der Waals surface area contributed by atoms with Gasteiger partial charge in [-0.15, -0.1) is 0 Å². The molecule has 17 heavy (non-hydrogen) atoms. The smallest absolute Gasteiger partial charge is 0.410 e. The molecule has 0 N–H and O–H groups in total. The number of carbonyl (C=O) groups is 1. The van der Waals surface area contributed by atoms with Crippen molar-refractivity contribution in [2.75, 3.05) is 13.1 Å². The topological polar surface area (TPSA) is 62.6 Å². The second-order valence-electron chi connectivity index (χ2n) is 4.53. The third-order valence-electron chi connectivity index (χ3n) is 2.62. The third kappa shape index (κ3) is 4.61. The van der Waals surface area contributed by atoms with E-state index in [2.05, 4.69) is 0 Å². The quantitative estimate of drug-likeness (QED) is 0.756. The van der Waals surface area contributed by atoms with Gasteiger partial charge in [-0.3, -0.25) is 0 Å². The lowest BCUT2D eigenvalue weighted by Crippen LogP contribution is -2.42. The molecule has 0 aromatic heterocycles. The first-order valence-corrected chi connectivity index (χ1v) is 6.03. The molecule has 1 aliphatic heterocycles. The normalized spacial score (nSPS) is 18.9. The molecular weight excluding hydrogens is 220 g/mol. The summed E-state index contributed by atoms with van der Waals surface area (Å²) < 4.78 is 10.6. The highest BCUT2D eigenvalue weighted by atomic mass is 16.6. The van der Waals surface area contributed by atoms with Gasteiger partial charge in [0.25, 0.3) is 0 Å². The Morgan fingerprint density at radius 1 is 1.35 bits per heavy atom. The van der Waals surface area contributed by atoms with Crippen LogP contribution in [0.3, 0.4) is 0 Å². The van der Waals surface area contributed by atoms with E-state index in [0.717, 1.165) is 12.8 Å². The van der Waals surface area contributed by atoms with Crippen molar-refractivity contribution in [2.45, 2.75) is 51.9 Å². The molecule has 1 heterocycles. The lowest BCUT2D eigenvalue weighted by atomic mass is 10.1. The Kier molecular flexibility index (Phi) is 5.23. The lowest BCUT2D eigenvalue weighted by Gasteiger charge is -2.32. The standard InChI is InChI=1S/C12H20N2O3/c1-9(2)16-12(15)14-6-4-11(5-7-14)17-10(3)8-13/h9-11H,4-7H2,1-3H3. The van der Waals surface area contributed by atoms with Crippen molar-refractivity contribution >= 4 is 6.09 Å². The molecule has 0 aromatic carbocycles. The number of hydrogen-bond donors (Lipinski definition) is 0. The molecule has 1 amide bonds. The van der Waals surface area contributed by atoms with E-state index in [1.807, 2.05) is 19.9 Å². The first-order valence-electron chi connectivity index (χ1n) is 6.03. The molecule has 0 saturated carbocycles. The Hall–Kier alpha value is -1.28. The first-order chi connectivity index (χ1) is 8.02. The molecule has 0 radical (unpaired) electrons. The second kappa shape index (κ2) is 6.45. The van der Waals surface area contributed by atoms with Gasteiger partial charge in [0.2, 0.25) is 0 Å². The van der Waals surface area contributed by atoms with Crippen LogP contribution in [-0.4, -0.2) is 42.4 Å². The minimum atomic E-state index is -0.380. The van der Waals surface area contributed by atoms with Crippen molar-refractivity contribution in [2.24, 2.45) is 0 Å². The van der Waals surface area contributed by atoms with Crippen LogP contribution >= 0.6 is 0 Å². The maximum atomic E-state index is 11.6. The summed E-state index contributed by atoms with van der Waals surface area (Å²) in [4.78, 5) is 13.3. The van der Waals surface area contributed by atoms with E-state index in [4.69, 9.17) is 14.7 Å². The zero-order valence-electron chi connectivity index (χ0n) is 10.7. The predicted octanol–water partition coefficient (Wildman–Crippen LogP) is 1.92. The van der Waals surface area contributed by atoms with Crippen LogP contribution in [0.4, 0.5) is 4.79 Å². The average molecular weight is 240 g/mol. The maximum absolute atomic E-state index is 11.6. The molecule has 0 aromatic rings. The Morgan fingerprint density at radius 2 is 1.94 bits per heavy atom. The molecule has 1 saturated heterocycles. The van der Waals surface area contributed by atoms with Gasteiger partial charge in [0, 0.05) is 13.1 Å². The Labute approximate surface area is 102 Å². The number of likely N-dealkylation sites (tertiary alicyclic amines) is 1. The molecule has 0 aliphatic carbocycles. The van der Waals surface area contributed by atoms with Crippen LogP contribution in [0.15, 0.2) is 0 Å². The summed E-state index contributed by atoms with van der Waals surface area (Å²) in [5.41, 5.74) is 0. The number of piperidine rings is 1. The van der Waals surface area contributed by atoms with Crippen molar-refractivity contribution in [1.29, 1.82) is 5.26 Å². The van der Waals surface area contributed by atoms with Crippen LogP contribution in [0.1, 0.15) is 33.6 Å². The molecule has 0 spiro atoms. The maximum Gasteiger partial charge on any atom is 0.410 e. The minimum Gasteiger partial charge on any atom is -0.447 e. The van der Waals surface area contributed by atoms with E-state index in [9.17, 15) is 4.79 Å².